The van der Waals surface area contributed by atoms with Crippen molar-refractivity contribution in [3.63, 3.8) is 0 Å². The number of carbonyl (C=O) groups is 2. The number of morpholine rings is 1. The van der Waals surface area contributed by atoms with Crippen LogP contribution >= 0.6 is 0 Å². The van der Waals surface area contributed by atoms with Crippen LogP contribution in [-0.4, -0.2) is 86.0 Å². The molecule has 2 aliphatic rings. The summed E-state index contributed by atoms with van der Waals surface area (Å²) in [4.78, 5) is 39.9. The number of anilines is 2. The maximum atomic E-state index is 13.1. The fourth-order valence-corrected chi connectivity index (χ4v) is 4.61. The van der Waals surface area contributed by atoms with Crippen LogP contribution in [0.15, 0.2) is 31.4 Å². The molecular weight excluding hydrogens is 502 g/mol. The number of hydrogen-bond acceptors (Lipinski definition) is 9. The van der Waals surface area contributed by atoms with Crippen LogP contribution in [0.3, 0.4) is 0 Å². The summed E-state index contributed by atoms with van der Waals surface area (Å²) in [5.74, 6) is 0.286. The average molecular weight is 531 g/mol. The van der Waals surface area contributed by atoms with Crippen LogP contribution in [0.1, 0.15) is 25.8 Å². The van der Waals surface area contributed by atoms with Crippen LogP contribution in [0.5, 0.6) is 0 Å². The van der Waals surface area contributed by atoms with E-state index in [1.54, 1.807) is 4.57 Å². The summed E-state index contributed by atoms with van der Waals surface area (Å²) in [7, 11) is 0. The van der Waals surface area contributed by atoms with E-state index in [1.807, 2.05) is 4.90 Å². The van der Waals surface area contributed by atoms with Crippen molar-refractivity contribution in [2.75, 3.05) is 43.1 Å². The van der Waals surface area contributed by atoms with Gasteiger partial charge in [-0.05, 0) is 25.3 Å². The molecule has 1 aliphatic heterocycles. The Morgan fingerprint density at radius 2 is 1.95 bits per heavy atom. The van der Waals surface area contributed by atoms with Crippen LogP contribution < -0.4 is 20.9 Å². The first kappa shape index (κ1) is 25.5. The van der Waals surface area contributed by atoms with Gasteiger partial charge < -0.3 is 25.6 Å². The first-order valence-electron chi connectivity index (χ1n) is 12.3. The molecule has 0 aromatic carbocycles. The topological polar surface area (TPSA) is 144 Å². The van der Waals surface area contributed by atoms with Gasteiger partial charge in [-0.3, -0.25) is 14.2 Å². The number of nitrogens with zero attached hydrogens (tertiary/aromatic N) is 7. The second kappa shape index (κ2) is 11.1. The second-order valence-electron chi connectivity index (χ2n) is 9.06. The molecule has 15 heteroatoms. The van der Waals surface area contributed by atoms with Gasteiger partial charge in [-0.15, -0.1) is 0 Å². The predicted molar refractivity (Wildman–Crippen MR) is 133 cm³/mol. The van der Waals surface area contributed by atoms with Gasteiger partial charge in [0.05, 0.1) is 37.8 Å². The quantitative estimate of drug-likeness (QED) is 0.345. The number of alkyl halides is 2. The summed E-state index contributed by atoms with van der Waals surface area (Å²) in [6.07, 6.45) is 7.36. The van der Waals surface area contributed by atoms with Gasteiger partial charge in [-0.2, -0.15) is 23.8 Å². The monoisotopic (exact) mass is 530 g/mol. The Balaban J connectivity index is 1.34. The highest BCUT2D eigenvalue weighted by Crippen LogP contribution is 2.26. The van der Waals surface area contributed by atoms with Gasteiger partial charge in [-0.25, -0.2) is 9.67 Å². The molecule has 2 fully saturated rings. The molecule has 2 atom stereocenters. The lowest BCUT2D eigenvalue weighted by molar-refractivity contribution is -0.120. The van der Waals surface area contributed by atoms with Crippen molar-refractivity contribution in [2.24, 2.45) is 0 Å². The Labute approximate surface area is 216 Å². The van der Waals surface area contributed by atoms with Gasteiger partial charge in [0, 0.05) is 25.2 Å². The number of carbonyl (C=O) groups excluding carboxylic acids is 2. The minimum Gasteiger partial charge on any atom is -0.378 e. The lowest BCUT2D eigenvalue weighted by Gasteiger charge is -2.27. The number of amides is 2. The molecular formula is C23H28F2N10O3. The molecule has 5 rings (SSSR count). The fourth-order valence-electron chi connectivity index (χ4n) is 4.61. The van der Waals surface area contributed by atoms with Gasteiger partial charge in [0.15, 0.2) is 17.0 Å². The molecule has 4 heterocycles. The van der Waals surface area contributed by atoms with E-state index in [9.17, 15) is 18.4 Å². The largest absolute Gasteiger partial charge is 0.378 e. The van der Waals surface area contributed by atoms with Gasteiger partial charge >= 0.3 is 6.55 Å². The molecule has 1 saturated carbocycles. The highest BCUT2D eigenvalue weighted by Gasteiger charge is 2.27. The lowest BCUT2D eigenvalue weighted by atomic mass is 10.2. The maximum absolute atomic E-state index is 13.1. The second-order valence-corrected chi connectivity index (χ2v) is 9.06. The van der Waals surface area contributed by atoms with Gasteiger partial charge in [0.2, 0.25) is 17.8 Å². The summed E-state index contributed by atoms with van der Waals surface area (Å²) >= 11 is 0. The molecule has 0 radical (unpaired) electrons. The lowest BCUT2D eigenvalue weighted by Crippen LogP contribution is -2.39. The number of halogens is 2. The van der Waals surface area contributed by atoms with Crippen LogP contribution in [0.25, 0.3) is 16.9 Å². The van der Waals surface area contributed by atoms with Crippen molar-refractivity contribution in [2.45, 2.75) is 37.9 Å². The molecule has 38 heavy (non-hydrogen) atoms. The van der Waals surface area contributed by atoms with Crippen molar-refractivity contribution in [1.82, 2.24) is 39.9 Å². The van der Waals surface area contributed by atoms with E-state index in [0.717, 1.165) is 12.8 Å². The Morgan fingerprint density at radius 1 is 1.18 bits per heavy atom. The SMILES string of the molecule is C=CC(=O)NC1CCC(NC(=O)CNc2nc(N3CCOCC3)nc3c2ncn3-c2cnn(C(F)F)c2)C1. The molecule has 3 aromatic heterocycles. The molecule has 202 valence electrons. The standard InChI is InChI=1S/C23H28F2N10O3/c1-2-17(36)29-14-3-4-15(9-14)30-18(37)11-26-20-19-21(32-23(31-20)33-5-7-38-8-6-33)34(13-27-19)16-10-28-35(12-16)22(24)25/h2,10,12-15,22H,1,3-9,11H2,(H,29,36)(H,30,37)(H,26,31,32). The first-order chi connectivity index (χ1) is 18.4. The average Bonchev–Trinajstić information content (AvgIpc) is 3.67. The summed E-state index contributed by atoms with van der Waals surface area (Å²) in [6, 6.07) is -0.0611. The summed E-state index contributed by atoms with van der Waals surface area (Å²) in [5, 5.41) is 12.6. The zero-order valence-corrected chi connectivity index (χ0v) is 20.5. The smallest absolute Gasteiger partial charge is 0.333 e. The van der Waals surface area contributed by atoms with Crippen molar-refractivity contribution in [3.8, 4) is 5.69 Å². The van der Waals surface area contributed by atoms with Crippen molar-refractivity contribution < 1.29 is 23.1 Å². The van der Waals surface area contributed by atoms with E-state index < -0.39 is 6.55 Å². The van der Waals surface area contributed by atoms with Crippen LogP contribution in [0.2, 0.25) is 0 Å². The Morgan fingerprint density at radius 3 is 2.66 bits per heavy atom. The van der Waals surface area contributed by atoms with Crippen molar-refractivity contribution in [3.05, 3.63) is 31.4 Å². The third kappa shape index (κ3) is 5.56. The minimum absolute atomic E-state index is 0.00489. The summed E-state index contributed by atoms with van der Waals surface area (Å²) < 4.78 is 33.7. The Bertz CT molecular complexity index is 1320. The molecule has 3 N–H and O–H groups in total. The molecule has 3 aromatic rings. The normalized spacial score (nSPS) is 19.6. The fraction of sp³-hybridized carbons (Fsp3) is 0.478. The van der Waals surface area contributed by atoms with Gasteiger partial charge in [-0.1, -0.05) is 6.58 Å². The highest BCUT2D eigenvalue weighted by molar-refractivity contribution is 5.89. The van der Waals surface area contributed by atoms with Crippen molar-refractivity contribution in [1.29, 1.82) is 0 Å². The molecule has 1 aliphatic carbocycles. The first-order valence-corrected chi connectivity index (χ1v) is 12.3. The zero-order valence-electron chi connectivity index (χ0n) is 20.5. The molecule has 2 unspecified atom stereocenters. The Kier molecular flexibility index (Phi) is 7.44. The predicted octanol–water partition coefficient (Wildman–Crippen LogP) is 0.995. The van der Waals surface area contributed by atoms with Gasteiger partial charge in [0.1, 0.15) is 6.33 Å². The Hall–Kier alpha value is -4.14. The van der Waals surface area contributed by atoms with E-state index in [-0.39, 0.29) is 30.4 Å². The number of imidazole rings is 1. The van der Waals surface area contributed by atoms with E-state index >= 15 is 0 Å². The molecule has 0 spiro atoms. The number of fused-ring (bicyclic) bond motifs is 1. The maximum Gasteiger partial charge on any atom is 0.333 e. The number of ether oxygens (including phenoxy) is 1. The third-order valence-corrected chi connectivity index (χ3v) is 6.49. The molecule has 1 saturated heterocycles. The summed E-state index contributed by atoms with van der Waals surface area (Å²) in [5.41, 5.74) is 1.13. The van der Waals surface area contributed by atoms with E-state index in [4.69, 9.17) is 4.74 Å². The summed E-state index contributed by atoms with van der Waals surface area (Å²) in [6.45, 7) is 2.80. The third-order valence-electron chi connectivity index (χ3n) is 6.49. The number of rotatable bonds is 9. The molecule has 13 nitrogen and oxygen atoms in total. The van der Waals surface area contributed by atoms with E-state index in [2.05, 4.69) is 42.6 Å². The van der Waals surface area contributed by atoms with E-state index in [1.165, 1.54) is 24.8 Å². The minimum atomic E-state index is -2.78. The number of aromatic nitrogens is 6. The molecule has 0 bridgehead atoms. The van der Waals surface area contributed by atoms with Crippen LogP contribution in [0.4, 0.5) is 20.5 Å². The van der Waals surface area contributed by atoms with Gasteiger partial charge in [0.25, 0.3) is 0 Å². The van der Waals surface area contributed by atoms with Crippen LogP contribution in [0, 0.1) is 0 Å². The molecule has 2 amide bonds. The number of nitrogens with one attached hydrogen (secondary N) is 3. The number of hydrogen-bond donors (Lipinski definition) is 3. The van der Waals surface area contributed by atoms with E-state index in [0.29, 0.717) is 66.0 Å². The zero-order chi connectivity index (χ0) is 26.6. The highest BCUT2D eigenvalue weighted by atomic mass is 19.3. The van der Waals surface area contributed by atoms with Crippen LogP contribution in [-0.2, 0) is 14.3 Å². The van der Waals surface area contributed by atoms with Crippen molar-refractivity contribution >= 4 is 34.7 Å².